The van der Waals surface area contributed by atoms with Crippen molar-refractivity contribution in [3.8, 4) is 11.8 Å². The molecule has 0 radical (unpaired) electrons. The summed E-state index contributed by atoms with van der Waals surface area (Å²) < 4.78 is 4.64. The molecule has 162 valence electrons. The van der Waals surface area contributed by atoms with E-state index in [1.807, 2.05) is 41.3 Å². The van der Waals surface area contributed by atoms with Crippen LogP contribution in [0.5, 0.6) is 0 Å². The lowest BCUT2D eigenvalue weighted by atomic mass is 10.1. The molecule has 1 aliphatic heterocycles. The second-order valence-corrected chi connectivity index (χ2v) is 7.59. The van der Waals surface area contributed by atoms with Crippen LogP contribution in [0, 0.1) is 11.8 Å². The maximum absolute atomic E-state index is 12.2. The van der Waals surface area contributed by atoms with E-state index >= 15 is 0 Å². The van der Waals surface area contributed by atoms with Crippen molar-refractivity contribution in [1.82, 2.24) is 4.90 Å². The lowest BCUT2D eigenvalue weighted by Crippen LogP contribution is -2.32. The number of aliphatic hydroxyl groups excluding tert-OH is 1. The molecule has 0 bridgehead atoms. The number of esters is 1. The van der Waals surface area contributed by atoms with Crippen LogP contribution in [0.4, 0.5) is 0 Å². The van der Waals surface area contributed by atoms with Crippen LogP contribution in [0.15, 0.2) is 42.5 Å². The second kappa shape index (κ2) is 13.6. The van der Waals surface area contributed by atoms with Gasteiger partial charge in [-0.1, -0.05) is 55.0 Å². The van der Waals surface area contributed by atoms with Gasteiger partial charge in [-0.15, -0.1) is 0 Å². The number of methoxy groups -OCH3 is 1. The fraction of sp³-hybridized carbons (Fsp3) is 0.520. The Bertz CT molecular complexity index is 747. The third-order valence-corrected chi connectivity index (χ3v) is 5.26. The number of carbonyl (C=O) groups is 2. The number of rotatable bonds is 11. The Morgan fingerprint density at radius 2 is 2.03 bits per heavy atom. The van der Waals surface area contributed by atoms with Crippen LogP contribution in [0.25, 0.3) is 0 Å². The summed E-state index contributed by atoms with van der Waals surface area (Å²) in [5, 5.41) is 10.2. The fourth-order valence-corrected chi connectivity index (χ4v) is 3.51. The van der Waals surface area contributed by atoms with Crippen molar-refractivity contribution >= 4 is 11.9 Å². The lowest BCUT2D eigenvalue weighted by molar-refractivity contribution is -0.140. The standard InChI is InChI=1S/C25H33NO4/c1-30-25(29)15-7-2-3-10-20-26-22(17-19-24(26)28)16-18-23(27)14-9-8-13-21-11-5-4-6-12-21/h4-6,11-12,16,18,22-23,27H,2-3,7,9-10,14-15,17,19-20H2,1H3/b18-16+/t22-,23+/m0/s1. The lowest BCUT2D eigenvalue weighted by Gasteiger charge is -2.22. The van der Waals surface area contributed by atoms with Gasteiger partial charge in [-0.2, -0.15) is 0 Å². The van der Waals surface area contributed by atoms with Gasteiger partial charge in [0.15, 0.2) is 0 Å². The molecule has 1 heterocycles. The van der Waals surface area contributed by atoms with Gasteiger partial charge in [0.1, 0.15) is 0 Å². The van der Waals surface area contributed by atoms with Gasteiger partial charge in [-0.3, -0.25) is 9.59 Å². The van der Waals surface area contributed by atoms with E-state index in [-0.39, 0.29) is 17.9 Å². The van der Waals surface area contributed by atoms with E-state index in [2.05, 4.69) is 16.6 Å². The molecule has 1 aromatic carbocycles. The number of carbonyl (C=O) groups excluding carboxylic acids is 2. The Labute approximate surface area is 180 Å². The van der Waals surface area contributed by atoms with Crippen LogP contribution in [0.1, 0.15) is 63.4 Å². The monoisotopic (exact) mass is 411 g/mol. The van der Waals surface area contributed by atoms with Gasteiger partial charge in [-0.05, 0) is 37.8 Å². The second-order valence-electron chi connectivity index (χ2n) is 7.59. The van der Waals surface area contributed by atoms with E-state index in [0.717, 1.165) is 44.2 Å². The van der Waals surface area contributed by atoms with Gasteiger partial charge in [0.2, 0.25) is 5.91 Å². The summed E-state index contributed by atoms with van der Waals surface area (Å²) in [6, 6.07) is 9.87. The van der Waals surface area contributed by atoms with Gasteiger partial charge >= 0.3 is 5.97 Å². The average molecular weight is 412 g/mol. The summed E-state index contributed by atoms with van der Waals surface area (Å²) in [5.41, 5.74) is 0.980. The van der Waals surface area contributed by atoms with Crippen LogP contribution >= 0.6 is 0 Å². The molecule has 5 nitrogen and oxygen atoms in total. The maximum atomic E-state index is 12.2. The highest BCUT2D eigenvalue weighted by molar-refractivity contribution is 5.79. The van der Waals surface area contributed by atoms with E-state index < -0.39 is 6.10 Å². The molecule has 1 aliphatic rings. The molecule has 0 spiro atoms. The summed E-state index contributed by atoms with van der Waals surface area (Å²) >= 11 is 0. The number of nitrogens with zero attached hydrogens (tertiary/aromatic N) is 1. The molecule has 1 amide bonds. The van der Waals surface area contributed by atoms with Crippen molar-refractivity contribution in [3.63, 3.8) is 0 Å². The molecule has 1 saturated heterocycles. The van der Waals surface area contributed by atoms with Crippen LogP contribution in [-0.4, -0.2) is 47.7 Å². The summed E-state index contributed by atoms with van der Waals surface area (Å²) in [5.74, 6) is 6.20. The molecule has 2 rings (SSSR count). The van der Waals surface area contributed by atoms with Gasteiger partial charge < -0.3 is 14.7 Å². The molecular weight excluding hydrogens is 378 g/mol. The van der Waals surface area contributed by atoms with Crippen molar-refractivity contribution in [2.75, 3.05) is 13.7 Å². The fourth-order valence-electron chi connectivity index (χ4n) is 3.51. The number of hydrogen-bond donors (Lipinski definition) is 1. The number of aliphatic hydroxyl groups is 1. The predicted molar refractivity (Wildman–Crippen MR) is 118 cm³/mol. The van der Waals surface area contributed by atoms with E-state index in [4.69, 9.17) is 0 Å². The molecule has 5 heteroatoms. The number of hydrogen-bond acceptors (Lipinski definition) is 4. The number of benzene rings is 1. The van der Waals surface area contributed by atoms with Crippen molar-refractivity contribution in [1.29, 1.82) is 0 Å². The summed E-state index contributed by atoms with van der Waals surface area (Å²) in [6.45, 7) is 0.727. The van der Waals surface area contributed by atoms with E-state index in [0.29, 0.717) is 25.7 Å². The third-order valence-electron chi connectivity index (χ3n) is 5.26. The first-order valence-electron chi connectivity index (χ1n) is 10.9. The molecule has 1 N–H and O–H groups in total. The van der Waals surface area contributed by atoms with Crippen molar-refractivity contribution < 1.29 is 19.4 Å². The summed E-state index contributed by atoms with van der Waals surface area (Å²) in [6.07, 6.45) is 9.95. The maximum Gasteiger partial charge on any atom is 0.305 e. The predicted octanol–water partition coefficient (Wildman–Crippen LogP) is 3.85. The quantitative estimate of drug-likeness (QED) is 0.260. The largest absolute Gasteiger partial charge is 0.469 e. The summed E-state index contributed by atoms with van der Waals surface area (Å²) in [7, 11) is 1.41. The van der Waals surface area contributed by atoms with Crippen LogP contribution in [-0.2, 0) is 14.3 Å². The Kier molecular flexibility index (Phi) is 10.7. The molecule has 30 heavy (non-hydrogen) atoms. The summed E-state index contributed by atoms with van der Waals surface area (Å²) in [4.78, 5) is 25.2. The Morgan fingerprint density at radius 1 is 1.27 bits per heavy atom. The van der Waals surface area contributed by atoms with Gasteiger partial charge in [0.05, 0.1) is 19.3 Å². The number of likely N-dealkylation sites (tertiary alicyclic amines) is 1. The first-order valence-corrected chi connectivity index (χ1v) is 10.9. The van der Waals surface area contributed by atoms with Crippen LogP contribution in [0.2, 0.25) is 0 Å². The molecule has 0 unspecified atom stereocenters. The molecule has 0 aromatic heterocycles. The first kappa shape index (κ1) is 23.7. The van der Waals surface area contributed by atoms with Crippen molar-refractivity contribution in [2.45, 2.75) is 69.9 Å². The van der Waals surface area contributed by atoms with E-state index in [9.17, 15) is 14.7 Å². The average Bonchev–Trinajstić information content (AvgIpc) is 3.12. The molecule has 1 fully saturated rings. The zero-order valence-electron chi connectivity index (χ0n) is 17.9. The van der Waals surface area contributed by atoms with Crippen LogP contribution < -0.4 is 0 Å². The molecule has 2 atom stereocenters. The minimum atomic E-state index is -0.550. The zero-order chi connectivity index (χ0) is 21.6. The highest BCUT2D eigenvalue weighted by atomic mass is 16.5. The Balaban J connectivity index is 1.68. The smallest absolute Gasteiger partial charge is 0.305 e. The number of ether oxygens (including phenoxy) is 1. The van der Waals surface area contributed by atoms with Crippen molar-refractivity contribution in [3.05, 3.63) is 48.0 Å². The van der Waals surface area contributed by atoms with Gasteiger partial charge in [-0.25, -0.2) is 0 Å². The minimum absolute atomic E-state index is 0.0672. The molecule has 1 aromatic rings. The van der Waals surface area contributed by atoms with Gasteiger partial charge in [0, 0.05) is 31.4 Å². The van der Waals surface area contributed by atoms with E-state index in [1.165, 1.54) is 7.11 Å². The molecule has 0 saturated carbocycles. The Hall–Kier alpha value is -2.58. The SMILES string of the molecule is COC(=O)CCCCCCN1C(=O)CC[C@@H]1/C=C/[C@H](O)CCC#Cc1ccccc1. The number of amides is 1. The topological polar surface area (TPSA) is 66.8 Å². The molecule has 0 aliphatic carbocycles. The Morgan fingerprint density at radius 3 is 2.80 bits per heavy atom. The molecular formula is C25H33NO4. The minimum Gasteiger partial charge on any atom is -0.469 e. The van der Waals surface area contributed by atoms with Crippen molar-refractivity contribution in [2.24, 2.45) is 0 Å². The van der Waals surface area contributed by atoms with E-state index in [1.54, 1.807) is 6.08 Å². The number of unbranched alkanes of at least 4 members (excludes halogenated alkanes) is 3. The van der Waals surface area contributed by atoms with Gasteiger partial charge in [0.25, 0.3) is 0 Å². The highest BCUT2D eigenvalue weighted by Gasteiger charge is 2.28. The zero-order valence-corrected chi connectivity index (χ0v) is 17.9. The highest BCUT2D eigenvalue weighted by Crippen LogP contribution is 2.21. The first-order chi connectivity index (χ1) is 14.6. The normalized spacial score (nSPS) is 17.1. The van der Waals surface area contributed by atoms with Crippen LogP contribution in [0.3, 0.4) is 0 Å². The third kappa shape index (κ3) is 8.84.